The van der Waals surface area contributed by atoms with Crippen molar-refractivity contribution >= 4 is 11.6 Å². The van der Waals surface area contributed by atoms with Crippen LogP contribution in [0.4, 0.5) is 0 Å². The Morgan fingerprint density at radius 1 is 1.11 bits per heavy atom. The summed E-state index contributed by atoms with van der Waals surface area (Å²) in [5, 5.41) is 4.38. The Kier molecular flexibility index (Phi) is 8.11. The van der Waals surface area contributed by atoms with E-state index >= 15 is 0 Å². The minimum absolute atomic E-state index is 0.388. The maximum absolute atomic E-state index is 5.99. The second kappa shape index (κ2) is 9.41. The molecule has 1 N–H and O–H groups in total. The fraction of sp³-hybridized carbons (Fsp3) is 0.625. The molecule has 0 aliphatic heterocycles. The molecule has 0 spiro atoms. The second-order valence-electron chi connectivity index (χ2n) is 5.00. The normalized spacial score (nSPS) is 12.6. The fourth-order valence-electron chi connectivity index (χ4n) is 2.12. The standard InChI is InChI=1S/C16H26ClN/c1-3-4-5-6-7-8-12-18-14(2)15-10-9-11-16(17)13-15/h9-11,13-14,18H,3-8,12H2,1-2H3/t14-/m0/s1. The molecular formula is C16H26ClN. The van der Waals surface area contributed by atoms with Crippen molar-refractivity contribution in [3.05, 3.63) is 34.9 Å². The summed E-state index contributed by atoms with van der Waals surface area (Å²) in [5.41, 5.74) is 1.27. The van der Waals surface area contributed by atoms with Crippen LogP contribution in [0.2, 0.25) is 5.02 Å². The van der Waals surface area contributed by atoms with Crippen molar-refractivity contribution in [2.75, 3.05) is 6.54 Å². The highest BCUT2D eigenvalue weighted by molar-refractivity contribution is 6.30. The third-order valence-electron chi connectivity index (χ3n) is 3.33. The first-order valence-corrected chi connectivity index (χ1v) is 7.60. The zero-order chi connectivity index (χ0) is 13.2. The Hall–Kier alpha value is -0.530. The molecule has 2 heteroatoms. The van der Waals surface area contributed by atoms with Crippen LogP contribution in [0.3, 0.4) is 0 Å². The third kappa shape index (κ3) is 6.42. The average Bonchev–Trinajstić information content (AvgIpc) is 2.37. The molecule has 0 aliphatic carbocycles. The molecule has 0 aromatic heterocycles. The van der Waals surface area contributed by atoms with Gasteiger partial charge in [-0.3, -0.25) is 0 Å². The number of benzene rings is 1. The van der Waals surface area contributed by atoms with Gasteiger partial charge >= 0.3 is 0 Å². The van der Waals surface area contributed by atoms with Crippen molar-refractivity contribution < 1.29 is 0 Å². The van der Waals surface area contributed by atoms with E-state index in [2.05, 4.69) is 25.2 Å². The molecule has 1 aromatic rings. The van der Waals surface area contributed by atoms with Gasteiger partial charge in [-0.1, -0.05) is 62.8 Å². The third-order valence-corrected chi connectivity index (χ3v) is 3.56. The molecule has 1 nitrogen and oxygen atoms in total. The number of nitrogens with one attached hydrogen (secondary N) is 1. The van der Waals surface area contributed by atoms with Crippen LogP contribution in [-0.4, -0.2) is 6.54 Å². The first kappa shape index (κ1) is 15.5. The first-order valence-electron chi connectivity index (χ1n) is 7.23. The van der Waals surface area contributed by atoms with Gasteiger partial charge in [-0.25, -0.2) is 0 Å². The maximum atomic E-state index is 5.99. The second-order valence-corrected chi connectivity index (χ2v) is 5.44. The predicted octanol–water partition coefficient (Wildman–Crippen LogP) is 5.35. The first-order chi connectivity index (χ1) is 8.74. The number of hydrogen-bond acceptors (Lipinski definition) is 1. The molecule has 1 atom stereocenters. The van der Waals surface area contributed by atoms with Gasteiger partial charge in [0.05, 0.1) is 0 Å². The number of halogens is 1. The van der Waals surface area contributed by atoms with E-state index in [1.165, 1.54) is 44.1 Å². The van der Waals surface area contributed by atoms with E-state index in [4.69, 9.17) is 11.6 Å². The van der Waals surface area contributed by atoms with Crippen molar-refractivity contribution in [1.82, 2.24) is 5.32 Å². The monoisotopic (exact) mass is 267 g/mol. The molecule has 102 valence electrons. The molecule has 1 rings (SSSR count). The summed E-state index contributed by atoms with van der Waals surface area (Å²) >= 11 is 5.99. The van der Waals surface area contributed by atoms with E-state index in [-0.39, 0.29) is 0 Å². The lowest BCUT2D eigenvalue weighted by atomic mass is 10.1. The molecule has 1 aromatic carbocycles. The molecule has 18 heavy (non-hydrogen) atoms. The predicted molar refractivity (Wildman–Crippen MR) is 81.2 cm³/mol. The van der Waals surface area contributed by atoms with E-state index in [1.54, 1.807) is 0 Å². The molecule has 0 bridgehead atoms. The quantitative estimate of drug-likeness (QED) is 0.595. The SMILES string of the molecule is CCCCCCCCN[C@@H](C)c1cccc(Cl)c1. The van der Waals surface area contributed by atoms with Crippen LogP contribution in [0.5, 0.6) is 0 Å². The van der Waals surface area contributed by atoms with Gasteiger partial charge < -0.3 is 5.32 Å². The largest absolute Gasteiger partial charge is 0.310 e. The van der Waals surface area contributed by atoms with Crippen molar-refractivity contribution in [2.45, 2.75) is 58.4 Å². The smallest absolute Gasteiger partial charge is 0.0409 e. The Bertz CT molecular complexity index is 325. The summed E-state index contributed by atoms with van der Waals surface area (Å²) in [6.45, 7) is 5.55. The van der Waals surface area contributed by atoms with Gasteiger partial charge in [0.25, 0.3) is 0 Å². The number of hydrogen-bond donors (Lipinski definition) is 1. The molecule has 0 fully saturated rings. The minimum Gasteiger partial charge on any atom is -0.310 e. The van der Waals surface area contributed by atoms with Gasteiger partial charge in [-0.05, 0) is 37.6 Å². The lowest BCUT2D eigenvalue weighted by Gasteiger charge is -2.14. The summed E-state index contributed by atoms with van der Waals surface area (Å²) in [5.74, 6) is 0. The highest BCUT2D eigenvalue weighted by Crippen LogP contribution is 2.17. The van der Waals surface area contributed by atoms with Gasteiger partial charge in [0.2, 0.25) is 0 Å². The van der Waals surface area contributed by atoms with Gasteiger partial charge in [0.1, 0.15) is 0 Å². The summed E-state index contributed by atoms with van der Waals surface area (Å²) in [6.07, 6.45) is 8.09. The zero-order valence-corrected chi connectivity index (χ0v) is 12.5. The Labute approximate surface area is 117 Å². The molecule has 0 radical (unpaired) electrons. The zero-order valence-electron chi connectivity index (χ0n) is 11.7. The lowest BCUT2D eigenvalue weighted by Crippen LogP contribution is -2.19. The Morgan fingerprint density at radius 3 is 2.56 bits per heavy atom. The van der Waals surface area contributed by atoms with Crippen LogP contribution in [0.1, 0.15) is 64.0 Å². The Morgan fingerprint density at radius 2 is 1.83 bits per heavy atom. The lowest BCUT2D eigenvalue weighted by molar-refractivity contribution is 0.527. The van der Waals surface area contributed by atoms with E-state index in [9.17, 15) is 0 Å². The highest BCUT2D eigenvalue weighted by atomic mass is 35.5. The molecule has 0 aliphatic rings. The van der Waals surface area contributed by atoms with E-state index in [0.29, 0.717) is 6.04 Å². The molecule has 0 unspecified atom stereocenters. The molecular weight excluding hydrogens is 242 g/mol. The van der Waals surface area contributed by atoms with Gasteiger partial charge in [-0.15, -0.1) is 0 Å². The van der Waals surface area contributed by atoms with Crippen LogP contribution in [0.15, 0.2) is 24.3 Å². The summed E-state index contributed by atoms with van der Waals surface area (Å²) in [6, 6.07) is 8.50. The van der Waals surface area contributed by atoms with Crippen LogP contribution in [-0.2, 0) is 0 Å². The van der Waals surface area contributed by atoms with Gasteiger partial charge in [0, 0.05) is 11.1 Å². The number of unbranched alkanes of at least 4 members (excludes halogenated alkanes) is 5. The molecule has 0 amide bonds. The maximum Gasteiger partial charge on any atom is 0.0409 e. The van der Waals surface area contributed by atoms with Crippen LogP contribution < -0.4 is 5.32 Å². The van der Waals surface area contributed by atoms with Crippen molar-refractivity contribution in [2.24, 2.45) is 0 Å². The van der Waals surface area contributed by atoms with E-state index < -0.39 is 0 Å². The van der Waals surface area contributed by atoms with E-state index in [1.807, 2.05) is 18.2 Å². The topological polar surface area (TPSA) is 12.0 Å². The summed E-state index contributed by atoms with van der Waals surface area (Å²) in [7, 11) is 0. The average molecular weight is 268 g/mol. The van der Waals surface area contributed by atoms with Crippen LogP contribution in [0.25, 0.3) is 0 Å². The van der Waals surface area contributed by atoms with Crippen LogP contribution in [0, 0.1) is 0 Å². The van der Waals surface area contributed by atoms with Crippen molar-refractivity contribution in [1.29, 1.82) is 0 Å². The highest BCUT2D eigenvalue weighted by Gasteiger charge is 2.04. The minimum atomic E-state index is 0.388. The number of rotatable bonds is 9. The molecule has 0 saturated heterocycles. The van der Waals surface area contributed by atoms with Crippen molar-refractivity contribution in [3.63, 3.8) is 0 Å². The van der Waals surface area contributed by atoms with Crippen molar-refractivity contribution in [3.8, 4) is 0 Å². The van der Waals surface area contributed by atoms with Crippen LogP contribution >= 0.6 is 11.6 Å². The summed E-state index contributed by atoms with van der Waals surface area (Å²) < 4.78 is 0. The molecule has 0 heterocycles. The molecule has 0 saturated carbocycles. The Balaban J connectivity index is 2.12. The fourth-order valence-corrected chi connectivity index (χ4v) is 2.32. The van der Waals surface area contributed by atoms with E-state index in [0.717, 1.165) is 11.6 Å². The van der Waals surface area contributed by atoms with Gasteiger partial charge in [-0.2, -0.15) is 0 Å². The van der Waals surface area contributed by atoms with Gasteiger partial charge in [0.15, 0.2) is 0 Å². The summed E-state index contributed by atoms with van der Waals surface area (Å²) in [4.78, 5) is 0.